The topological polar surface area (TPSA) is 128 Å². The number of carbonyl (C=O) groups is 1. The van der Waals surface area contributed by atoms with Crippen molar-refractivity contribution in [3.05, 3.63) is 75.2 Å². The number of para-hydroxylation sites is 1. The largest absolute Gasteiger partial charge is 0.497 e. The number of ether oxygens (including phenoxy) is 3. The zero-order chi connectivity index (χ0) is 24.0. The Kier molecular flexibility index (Phi) is 7.05. The molecule has 3 rings (SSSR count). The third-order valence-corrected chi connectivity index (χ3v) is 4.78. The van der Waals surface area contributed by atoms with Gasteiger partial charge in [-0.1, -0.05) is 6.07 Å². The van der Waals surface area contributed by atoms with Gasteiger partial charge in [0.05, 0.1) is 33.2 Å². The third-order valence-electron chi connectivity index (χ3n) is 4.78. The number of methoxy groups -OCH3 is 3. The molecule has 0 radical (unpaired) electrons. The second kappa shape index (κ2) is 10.1. The van der Waals surface area contributed by atoms with Crippen molar-refractivity contribution in [2.75, 3.05) is 21.3 Å². The maximum atomic E-state index is 12.8. The summed E-state index contributed by atoms with van der Waals surface area (Å²) in [5.74, 6) is 0.853. The summed E-state index contributed by atoms with van der Waals surface area (Å²) >= 11 is 0. The van der Waals surface area contributed by atoms with Crippen molar-refractivity contribution in [1.82, 2.24) is 15.2 Å². The van der Waals surface area contributed by atoms with E-state index in [1.165, 1.54) is 34.5 Å². The van der Waals surface area contributed by atoms with Crippen molar-refractivity contribution in [2.24, 2.45) is 5.10 Å². The second-order valence-electron chi connectivity index (χ2n) is 6.66. The summed E-state index contributed by atoms with van der Waals surface area (Å²) < 4.78 is 16.7. The molecule has 168 valence electrons. The Morgan fingerprint density at radius 2 is 1.85 bits per heavy atom. The summed E-state index contributed by atoms with van der Waals surface area (Å²) in [7, 11) is 4.52. The molecule has 0 unspecified atom stereocenters. The molecule has 0 aliphatic heterocycles. The fraction of sp³-hybridized carbons (Fsp3) is 0.174. The van der Waals surface area contributed by atoms with Crippen LogP contribution in [0.5, 0.6) is 17.2 Å². The molecular formula is C23H21N5O5. The van der Waals surface area contributed by atoms with E-state index in [0.717, 1.165) is 4.68 Å². The van der Waals surface area contributed by atoms with Gasteiger partial charge >= 0.3 is 0 Å². The highest BCUT2D eigenvalue weighted by atomic mass is 16.5. The van der Waals surface area contributed by atoms with Crippen LogP contribution in [-0.2, 0) is 0 Å². The lowest BCUT2D eigenvalue weighted by molar-refractivity contribution is 0.0947. The van der Waals surface area contributed by atoms with Crippen molar-refractivity contribution in [3.63, 3.8) is 0 Å². The van der Waals surface area contributed by atoms with Crippen LogP contribution in [0, 0.1) is 18.3 Å². The van der Waals surface area contributed by atoms with Crippen molar-refractivity contribution >= 4 is 12.1 Å². The van der Waals surface area contributed by atoms with Gasteiger partial charge in [0.1, 0.15) is 17.4 Å². The molecule has 2 aromatic carbocycles. The standard InChI is InChI=1S/C23H21N5O5/c1-14-18(12-24)23(30)28(16-8-10-17(31-2)11-9-16)27-20(14)22(29)26-25-13-15-6-5-7-19(32-3)21(15)33-4/h5-11,13H,1-4H3,(H,26,29)/b25-13+. The van der Waals surface area contributed by atoms with Gasteiger partial charge in [-0.15, -0.1) is 0 Å². The monoisotopic (exact) mass is 447 g/mol. The van der Waals surface area contributed by atoms with Crippen LogP contribution in [-0.4, -0.2) is 43.2 Å². The van der Waals surface area contributed by atoms with E-state index in [1.807, 2.05) is 6.07 Å². The Labute approximate surface area is 189 Å². The van der Waals surface area contributed by atoms with E-state index >= 15 is 0 Å². The van der Waals surface area contributed by atoms with E-state index in [0.29, 0.717) is 28.5 Å². The molecule has 0 saturated heterocycles. The van der Waals surface area contributed by atoms with Gasteiger partial charge in [-0.3, -0.25) is 9.59 Å². The van der Waals surface area contributed by atoms with E-state index in [9.17, 15) is 14.9 Å². The first-order valence-electron chi connectivity index (χ1n) is 9.68. The molecule has 1 N–H and O–H groups in total. The Morgan fingerprint density at radius 1 is 1.12 bits per heavy atom. The Morgan fingerprint density at radius 3 is 2.45 bits per heavy atom. The van der Waals surface area contributed by atoms with Crippen LogP contribution in [0.1, 0.15) is 27.2 Å². The number of hydrogen-bond donors (Lipinski definition) is 1. The predicted molar refractivity (Wildman–Crippen MR) is 120 cm³/mol. The SMILES string of the molecule is COc1ccc(-n2nc(C(=O)N/N=C/c3cccc(OC)c3OC)c(C)c(C#N)c2=O)cc1. The fourth-order valence-corrected chi connectivity index (χ4v) is 3.08. The average molecular weight is 447 g/mol. The summed E-state index contributed by atoms with van der Waals surface area (Å²) in [6.45, 7) is 1.48. The lowest BCUT2D eigenvalue weighted by Gasteiger charge is -2.11. The minimum atomic E-state index is -0.690. The number of aromatic nitrogens is 2. The number of hydrogen-bond acceptors (Lipinski definition) is 8. The zero-order valence-corrected chi connectivity index (χ0v) is 18.4. The summed E-state index contributed by atoms with van der Waals surface area (Å²) in [6.07, 6.45) is 1.39. The number of rotatable bonds is 7. The van der Waals surface area contributed by atoms with Crippen LogP contribution in [0.2, 0.25) is 0 Å². The van der Waals surface area contributed by atoms with Gasteiger partial charge < -0.3 is 14.2 Å². The molecule has 1 amide bonds. The Balaban J connectivity index is 1.96. The normalized spacial score (nSPS) is 10.5. The number of hydrazone groups is 1. The van der Waals surface area contributed by atoms with Gasteiger partial charge in [0.2, 0.25) is 0 Å². The molecule has 0 atom stereocenters. The lowest BCUT2D eigenvalue weighted by Crippen LogP contribution is -2.31. The van der Waals surface area contributed by atoms with E-state index < -0.39 is 11.5 Å². The first-order chi connectivity index (χ1) is 15.9. The van der Waals surface area contributed by atoms with Gasteiger partial charge in [-0.2, -0.15) is 20.1 Å². The van der Waals surface area contributed by atoms with Crippen LogP contribution >= 0.6 is 0 Å². The zero-order valence-electron chi connectivity index (χ0n) is 18.4. The minimum absolute atomic E-state index is 0.114. The highest BCUT2D eigenvalue weighted by Crippen LogP contribution is 2.29. The van der Waals surface area contributed by atoms with E-state index in [-0.39, 0.29) is 16.8 Å². The second-order valence-corrected chi connectivity index (χ2v) is 6.66. The molecule has 1 heterocycles. The molecule has 33 heavy (non-hydrogen) atoms. The molecule has 0 bridgehead atoms. The average Bonchev–Trinajstić information content (AvgIpc) is 2.84. The van der Waals surface area contributed by atoms with Crippen molar-refractivity contribution < 1.29 is 19.0 Å². The Hall–Kier alpha value is -4.65. The van der Waals surface area contributed by atoms with Gasteiger partial charge in [0.25, 0.3) is 11.5 Å². The quantitative estimate of drug-likeness (QED) is 0.434. The van der Waals surface area contributed by atoms with Crippen LogP contribution in [0.15, 0.2) is 52.4 Å². The van der Waals surface area contributed by atoms with Crippen molar-refractivity contribution in [2.45, 2.75) is 6.92 Å². The summed E-state index contributed by atoms with van der Waals surface area (Å²) in [6, 6.07) is 13.5. The molecule has 3 aromatic rings. The molecule has 0 aliphatic carbocycles. The van der Waals surface area contributed by atoms with E-state index in [4.69, 9.17) is 14.2 Å². The fourth-order valence-electron chi connectivity index (χ4n) is 3.08. The summed E-state index contributed by atoms with van der Waals surface area (Å²) in [5.41, 5.74) is 2.52. The summed E-state index contributed by atoms with van der Waals surface area (Å²) in [4.78, 5) is 25.5. The number of benzene rings is 2. The van der Waals surface area contributed by atoms with Crippen LogP contribution in [0.3, 0.4) is 0 Å². The molecular weight excluding hydrogens is 426 g/mol. The molecule has 1 aromatic heterocycles. The molecule has 0 saturated carbocycles. The molecule has 10 nitrogen and oxygen atoms in total. The molecule has 0 spiro atoms. The van der Waals surface area contributed by atoms with Gasteiger partial charge in [-0.05, 0) is 43.3 Å². The first kappa shape index (κ1) is 23.0. The number of amides is 1. The molecule has 0 aliphatic rings. The highest BCUT2D eigenvalue weighted by molar-refractivity contribution is 5.95. The van der Waals surface area contributed by atoms with Crippen molar-refractivity contribution in [1.29, 1.82) is 5.26 Å². The smallest absolute Gasteiger partial charge is 0.292 e. The van der Waals surface area contributed by atoms with Crippen molar-refractivity contribution in [3.8, 4) is 29.0 Å². The van der Waals surface area contributed by atoms with Gasteiger partial charge in [0, 0.05) is 11.1 Å². The van der Waals surface area contributed by atoms with Crippen LogP contribution in [0.25, 0.3) is 5.69 Å². The predicted octanol–water partition coefficient (Wildman–Crippen LogP) is 2.20. The molecule has 0 fully saturated rings. The summed E-state index contributed by atoms with van der Waals surface area (Å²) in [5, 5.41) is 17.6. The van der Waals surface area contributed by atoms with E-state index in [1.54, 1.807) is 42.5 Å². The number of nitriles is 1. The highest BCUT2D eigenvalue weighted by Gasteiger charge is 2.20. The number of carbonyl (C=O) groups excluding carboxylic acids is 1. The lowest BCUT2D eigenvalue weighted by atomic mass is 10.1. The van der Waals surface area contributed by atoms with Crippen LogP contribution in [0.4, 0.5) is 0 Å². The minimum Gasteiger partial charge on any atom is -0.497 e. The third kappa shape index (κ3) is 4.67. The first-order valence-corrected chi connectivity index (χ1v) is 9.68. The maximum absolute atomic E-state index is 12.8. The maximum Gasteiger partial charge on any atom is 0.292 e. The number of nitrogens with one attached hydrogen (secondary N) is 1. The number of nitrogens with zero attached hydrogens (tertiary/aromatic N) is 4. The molecule has 10 heteroatoms. The van der Waals surface area contributed by atoms with Gasteiger partial charge in [0.15, 0.2) is 17.2 Å². The van der Waals surface area contributed by atoms with Crippen LogP contribution < -0.4 is 25.2 Å². The van der Waals surface area contributed by atoms with E-state index in [2.05, 4.69) is 15.6 Å². The Bertz CT molecular complexity index is 1310. The van der Waals surface area contributed by atoms with Gasteiger partial charge in [-0.25, -0.2) is 5.43 Å².